The van der Waals surface area contributed by atoms with Gasteiger partial charge in [0.15, 0.2) is 0 Å². The maximum atomic E-state index is 4.51. The van der Waals surface area contributed by atoms with Gasteiger partial charge in [-0.05, 0) is 56.9 Å². The van der Waals surface area contributed by atoms with Crippen LogP contribution >= 0.6 is 0 Å². The Morgan fingerprint density at radius 3 is 2.83 bits per heavy atom. The van der Waals surface area contributed by atoms with Crippen molar-refractivity contribution in [2.75, 3.05) is 26.2 Å². The van der Waals surface area contributed by atoms with Gasteiger partial charge in [0.2, 0.25) is 0 Å². The summed E-state index contributed by atoms with van der Waals surface area (Å²) in [4.78, 5) is 7.04. The van der Waals surface area contributed by atoms with Gasteiger partial charge in [-0.15, -0.1) is 0 Å². The molecule has 0 unspecified atom stereocenters. The Balaban J connectivity index is 1.90. The van der Waals surface area contributed by atoms with E-state index in [1.54, 1.807) is 0 Å². The van der Waals surface area contributed by atoms with Crippen LogP contribution in [0, 0.1) is 12.8 Å². The summed E-state index contributed by atoms with van der Waals surface area (Å²) >= 11 is 0. The van der Waals surface area contributed by atoms with Crippen LogP contribution in [0.5, 0.6) is 0 Å². The summed E-state index contributed by atoms with van der Waals surface area (Å²) in [5.41, 5.74) is 2.54. The second-order valence-electron chi connectivity index (χ2n) is 5.29. The first-order valence-corrected chi connectivity index (χ1v) is 7.13. The van der Waals surface area contributed by atoms with E-state index in [0.717, 1.165) is 19.0 Å². The van der Waals surface area contributed by atoms with E-state index in [-0.39, 0.29) is 0 Å². The molecular weight excluding hydrogens is 222 g/mol. The lowest BCUT2D eigenvalue weighted by Crippen LogP contribution is -2.36. The van der Waals surface area contributed by atoms with Crippen LogP contribution in [0.2, 0.25) is 0 Å². The smallest absolute Gasteiger partial charge is 0.0573 e. The van der Waals surface area contributed by atoms with E-state index < -0.39 is 0 Å². The van der Waals surface area contributed by atoms with Gasteiger partial charge in [-0.2, -0.15) is 0 Å². The van der Waals surface area contributed by atoms with Crippen LogP contribution < -0.4 is 5.32 Å². The lowest BCUT2D eigenvalue weighted by molar-refractivity contribution is 0.205. The van der Waals surface area contributed by atoms with Gasteiger partial charge in [0.1, 0.15) is 0 Å². The quantitative estimate of drug-likeness (QED) is 0.864. The lowest BCUT2D eigenvalue weighted by atomic mass is 9.97. The molecule has 0 radical (unpaired) electrons. The van der Waals surface area contributed by atoms with Crippen molar-refractivity contribution in [1.29, 1.82) is 0 Å². The van der Waals surface area contributed by atoms with E-state index in [1.807, 2.05) is 12.3 Å². The third kappa shape index (κ3) is 3.79. The Kier molecular flexibility index (Phi) is 5.14. The topological polar surface area (TPSA) is 28.2 Å². The van der Waals surface area contributed by atoms with Crippen LogP contribution in [-0.2, 0) is 6.54 Å². The van der Waals surface area contributed by atoms with Crippen LogP contribution in [0.1, 0.15) is 31.0 Å². The number of pyridine rings is 1. The normalized spacial score (nSPS) is 17.3. The standard InChI is InChI=1S/C15H25N3/c1-3-18(11-14-6-9-16-10-7-14)12-15-13(2)5-4-8-17-15/h4-5,8,14,16H,3,6-7,9-12H2,1-2H3. The van der Waals surface area contributed by atoms with Gasteiger partial charge in [0.05, 0.1) is 5.69 Å². The average Bonchev–Trinajstić information content (AvgIpc) is 2.41. The number of aromatic nitrogens is 1. The number of nitrogens with one attached hydrogen (secondary N) is 1. The molecule has 0 amide bonds. The van der Waals surface area contributed by atoms with Crippen LogP contribution in [0.4, 0.5) is 0 Å². The Morgan fingerprint density at radius 2 is 2.17 bits per heavy atom. The van der Waals surface area contributed by atoms with Crippen LogP contribution in [0.3, 0.4) is 0 Å². The summed E-state index contributed by atoms with van der Waals surface area (Å²) in [6.45, 7) is 10.1. The van der Waals surface area contributed by atoms with Gasteiger partial charge in [-0.3, -0.25) is 9.88 Å². The van der Waals surface area contributed by atoms with Gasteiger partial charge in [0, 0.05) is 19.3 Å². The molecule has 2 heterocycles. The predicted octanol–water partition coefficient (Wildman–Crippen LogP) is 2.21. The first-order valence-electron chi connectivity index (χ1n) is 7.13. The molecule has 0 aromatic carbocycles. The number of nitrogens with zero attached hydrogens (tertiary/aromatic N) is 2. The minimum atomic E-state index is 0.857. The van der Waals surface area contributed by atoms with Gasteiger partial charge in [-0.25, -0.2) is 0 Å². The summed E-state index contributed by atoms with van der Waals surface area (Å²) in [6, 6.07) is 4.17. The van der Waals surface area contributed by atoms with E-state index in [4.69, 9.17) is 0 Å². The van der Waals surface area contributed by atoms with Crippen molar-refractivity contribution >= 4 is 0 Å². The fraction of sp³-hybridized carbons (Fsp3) is 0.667. The number of piperidine rings is 1. The monoisotopic (exact) mass is 247 g/mol. The van der Waals surface area contributed by atoms with E-state index in [9.17, 15) is 0 Å². The molecule has 18 heavy (non-hydrogen) atoms. The van der Waals surface area contributed by atoms with Gasteiger partial charge in [0.25, 0.3) is 0 Å². The van der Waals surface area contributed by atoms with Crippen molar-refractivity contribution in [2.24, 2.45) is 5.92 Å². The van der Waals surface area contributed by atoms with E-state index in [0.29, 0.717) is 0 Å². The molecule has 1 saturated heterocycles. The summed E-state index contributed by atoms with van der Waals surface area (Å²) in [5.74, 6) is 0.857. The molecule has 3 nitrogen and oxygen atoms in total. The summed E-state index contributed by atoms with van der Waals surface area (Å²) in [7, 11) is 0. The molecule has 100 valence electrons. The molecule has 1 fully saturated rings. The number of rotatable bonds is 5. The van der Waals surface area contributed by atoms with Gasteiger partial charge in [-0.1, -0.05) is 13.0 Å². The first kappa shape index (κ1) is 13.5. The molecule has 0 bridgehead atoms. The van der Waals surface area contributed by atoms with E-state index in [2.05, 4.69) is 35.1 Å². The Hall–Kier alpha value is -0.930. The lowest BCUT2D eigenvalue weighted by Gasteiger charge is -2.29. The largest absolute Gasteiger partial charge is 0.317 e. The molecule has 2 rings (SSSR count). The maximum absolute atomic E-state index is 4.51. The first-order chi connectivity index (χ1) is 8.79. The highest BCUT2D eigenvalue weighted by molar-refractivity contribution is 5.17. The molecule has 3 heteroatoms. The van der Waals surface area contributed by atoms with Crippen molar-refractivity contribution < 1.29 is 0 Å². The molecule has 0 aliphatic carbocycles. The zero-order valence-corrected chi connectivity index (χ0v) is 11.7. The third-order valence-corrected chi connectivity index (χ3v) is 3.91. The molecule has 0 saturated carbocycles. The maximum Gasteiger partial charge on any atom is 0.0573 e. The number of hydrogen-bond donors (Lipinski definition) is 1. The van der Waals surface area contributed by atoms with Crippen molar-refractivity contribution in [1.82, 2.24) is 15.2 Å². The molecule has 1 aliphatic rings. The average molecular weight is 247 g/mol. The SMILES string of the molecule is CCN(Cc1ncccc1C)CC1CCNCC1. The fourth-order valence-electron chi connectivity index (χ4n) is 2.63. The second kappa shape index (κ2) is 6.86. The summed E-state index contributed by atoms with van der Waals surface area (Å²) < 4.78 is 0. The second-order valence-corrected chi connectivity index (χ2v) is 5.29. The number of aryl methyl sites for hydroxylation is 1. The Morgan fingerprint density at radius 1 is 1.39 bits per heavy atom. The molecule has 1 N–H and O–H groups in total. The molecule has 0 atom stereocenters. The van der Waals surface area contributed by atoms with Crippen LogP contribution in [0.25, 0.3) is 0 Å². The molecule has 0 spiro atoms. The van der Waals surface area contributed by atoms with Crippen LogP contribution in [0.15, 0.2) is 18.3 Å². The van der Waals surface area contributed by atoms with Crippen molar-refractivity contribution in [3.05, 3.63) is 29.6 Å². The van der Waals surface area contributed by atoms with E-state index >= 15 is 0 Å². The van der Waals surface area contributed by atoms with Crippen LogP contribution in [-0.4, -0.2) is 36.1 Å². The molecule has 1 aromatic heterocycles. The van der Waals surface area contributed by atoms with Gasteiger partial charge < -0.3 is 5.32 Å². The fourth-order valence-corrected chi connectivity index (χ4v) is 2.63. The molecule has 1 aliphatic heterocycles. The Labute approximate surface area is 111 Å². The van der Waals surface area contributed by atoms with Crippen molar-refractivity contribution in [2.45, 2.75) is 33.2 Å². The summed E-state index contributed by atoms with van der Waals surface area (Å²) in [5, 5.41) is 3.43. The van der Waals surface area contributed by atoms with Crippen molar-refractivity contribution in [3.63, 3.8) is 0 Å². The highest BCUT2D eigenvalue weighted by Gasteiger charge is 2.16. The highest BCUT2D eigenvalue weighted by Crippen LogP contribution is 2.15. The van der Waals surface area contributed by atoms with E-state index in [1.165, 1.54) is 43.7 Å². The summed E-state index contributed by atoms with van der Waals surface area (Å²) in [6.07, 6.45) is 4.54. The Bertz CT molecular complexity index is 359. The van der Waals surface area contributed by atoms with Gasteiger partial charge >= 0.3 is 0 Å². The minimum absolute atomic E-state index is 0.857. The third-order valence-electron chi connectivity index (χ3n) is 3.91. The zero-order valence-electron chi connectivity index (χ0n) is 11.7. The van der Waals surface area contributed by atoms with Crippen molar-refractivity contribution in [3.8, 4) is 0 Å². The molecular formula is C15H25N3. The molecule has 1 aromatic rings. The minimum Gasteiger partial charge on any atom is -0.317 e. The predicted molar refractivity (Wildman–Crippen MR) is 75.5 cm³/mol. The zero-order chi connectivity index (χ0) is 12.8. The highest BCUT2D eigenvalue weighted by atomic mass is 15.1. The number of hydrogen-bond acceptors (Lipinski definition) is 3.